The summed E-state index contributed by atoms with van der Waals surface area (Å²) < 4.78 is 5.18. The van der Waals surface area contributed by atoms with Crippen LogP contribution in [0.2, 0.25) is 0 Å². The van der Waals surface area contributed by atoms with Crippen LogP contribution in [-0.4, -0.2) is 33.6 Å². The highest BCUT2D eigenvalue weighted by molar-refractivity contribution is 7.12. The van der Waals surface area contributed by atoms with Gasteiger partial charge in [-0.1, -0.05) is 6.07 Å². The lowest BCUT2D eigenvalue weighted by atomic mass is 10.1. The number of primary amides is 1. The average Bonchev–Trinajstić information content (AvgIpc) is 3.32. The molecule has 2 amide bonds. The number of pyridine rings is 1. The summed E-state index contributed by atoms with van der Waals surface area (Å²) in [5.41, 5.74) is 7.53. The number of furan rings is 1. The van der Waals surface area contributed by atoms with E-state index in [0.717, 1.165) is 11.3 Å². The molecule has 3 N–H and O–H groups in total. The standard InChI is InChI=1S/C17H14N4O4S/c18-16(23)14(22)12(8-10-4-3-7-25-10)21-17(24)15-13(20-9-26-15)11-5-1-2-6-19-11/h1-7,9,12H,8H2,(H2,18,23)(H,21,24). The third-order valence-electron chi connectivity index (χ3n) is 3.53. The van der Waals surface area contributed by atoms with Gasteiger partial charge in [-0.25, -0.2) is 4.98 Å². The molecule has 0 aliphatic rings. The highest BCUT2D eigenvalue weighted by Gasteiger charge is 2.28. The number of aromatic nitrogens is 2. The number of hydrogen-bond donors (Lipinski definition) is 2. The van der Waals surface area contributed by atoms with Crippen molar-refractivity contribution in [2.75, 3.05) is 0 Å². The van der Waals surface area contributed by atoms with Crippen molar-refractivity contribution >= 4 is 28.9 Å². The van der Waals surface area contributed by atoms with Crippen molar-refractivity contribution < 1.29 is 18.8 Å². The maximum absolute atomic E-state index is 12.7. The average molecular weight is 370 g/mol. The van der Waals surface area contributed by atoms with E-state index in [0.29, 0.717) is 17.1 Å². The van der Waals surface area contributed by atoms with Gasteiger partial charge in [-0.15, -0.1) is 11.3 Å². The van der Waals surface area contributed by atoms with Gasteiger partial charge in [-0.2, -0.15) is 0 Å². The van der Waals surface area contributed by atoms with E-state index in [2.05, 4.69) is 15.3 Å². The lowest BCUT2D eigenvalue weighted by Gasteiger charge is -2.14. The maximum atomic E-state index is 12.7. The molecule has 0 spiro atoms. The Morgan fingerprint density at radius 3 is 2.69 bits per heavy atom. The van der Waals surface area contributed by atoms with Crippen molar-refractivity contribution in [3.8, 4) is 11.4 Å². The van der Waals surface area contributed by atoms with Crippen LogP contribution in [0.4, 0.5) is 0 Å². The SMILES string of the molecule is NC(=O)C(=O)C(Cc1ccco1)NC(=O)c1scnc1-c1ccccn1. The highest BCUT2D eigenvalue weighted by Crippen LogP contribution is 2.23. The molecule has 3 aromatic rings. The van der Waals surface area contributed by atoms with Gasteiger partial charge in [0.25, 0.3) is 11.8 Å². The molecular weight excluding hydrogens is 356 g/mol. The first-order valence-corrected chi connectivity index (χ1v) is 8.46. The first-order valence-electron chi connectivity index (χ1n) is 7.58. The first-order chi connectivity index (χ1) is 12.6. The minimum atomic E-state index is -1.13. The van der Waals surface area contributed by atoms with E-state index < -0.39 is 23.6 Å². The number of rotatable bonds is 7. The van der Waals surface area contributed by atoms with E-state index in [1.807, 2.05) is 0 Å². The third kappa shape index (κ3) is 3.83. The van der Waals surface area contributed by atoms with Crippen LogP contribution in [0.5, 0.6) is 0 Å². The molecule has 0 bridgehead atoms. The third-order valence-corrected chi connectivity index (χ3v) is 4.36. The van der Waals surface area contributed by atoms with Crippen LogP contribution in [0.1, 0.15) is 15.4 Å². The Kier molecular flexibility index (Phi) is 5.18. The minimum absolute atomic E-state index is 0.0121. The van der Waals surface area contributed by atoms with Crippen LogP contribution in [0.3, 0.4) is 0 Å². The Balaban J connectivity index is 1.83. The zero-order valence-electron chi connectivity index (χ0n) is 13.4. The van der Waals surface area contributed by atoms with Crippen molar-refractivity contribution in [2.24, 2.45) is 5.73 Å². The van der Waals surface area contributed by atoms with Gasteiger partial charge in [0.15, 0.2) is 0 Å². The smallest absolute Gasteiger partial charge is 0.287 e. The highest BCUT2D eigenvalue weighted by atomic mass is 32.1. The Morgan fingerprint density at radius 2 is 2.04 bits per heavy atom. The fraction of sp³-hybridized carbons (Fsp3) is 0.118. The number of nitrogens with zero attached hydrogens (tertiary/aromatic N) is 2. The molecule has 3 aromatic heterocycles. The Bertz CT molecular complexity index is 921. The lowest BCUT2D eigenvalue weighted by molar-refractivity contribution is -0.137. The second-order valence-corrected chi connectivity index (χ2v) is 6.14. The minimum Gasteiger partial charge on any atom is -0.469 e. The van der Waals surface area contributed by atoms with Crippen molar-refractivity contribution in [1.29, 1.82) is 0 Å². The van der Waals surface area contributed by atoms with Gasteiger partial charge in [0.2, 0.25) is 5.78 Å². The van der Waals surface area contributed by atoms with E-state index >= 15 is 0 Å². The first kappa shape index (κ1) is 17.5. The molecule has 8 nitrogen and oxygen atoms in total. The van der Waals surface area contributed by atoms with Gasteiger partial charge < -0.3 is 15.5 Å². The Labute approximate surface area is 152 Å². The van der Waals surface area contributed by atoms with Crippen LogP contribution in [0.15, 0.2) is 52.7 Å². The summed E-state index contributed by atoms with van der Waals surface area (Å²) in [4.78, 5) is 44.7. The topological polar surface area (TPSA) is 128 Å². The van der Waals surface area contributed by atoms with Crippen LogP contribution in [0.25, 0.3) is 11.4 Å². The molecule has 0 radical (unpaired) electrons. The molecule has 0 aromatic carbocycles. The molecule has 9 heteroatoms. The Morgan fingerprint density at radius 1 is 1.19 bits per heavy atom. The molecule has 1 atom stereocenters. The maximum Gasteiger partial charge on any atom is 0.287 e. The number of nitrogens with two attached hydrogens (primary N) is 1. The molecule has 132 valence electrons. The van der Waals surface area contributed by atoms with Crippen molar-refractivity contribution in [3.63, 3.8) is 0 Å². The van der Waals surface area contributed by atoms with Crippen molar-refractivity contribution in [3.05, 3.63) is 58.9 Å². The zero-order chi connectivity index (χ0) is 18.5. The van der Waals surface area contributed by atoms with E-state index in [9.17, 15) is 14.4 Å². The summed E-state index contributed by atoms with van der Waals surface area (Å²) in [6.45, 7) is 0. The van der Waals surface area contributed by atoms with Gasteiger partial charge in [0.05, 0.1) is 17.5 Å². The lowest BCUT2D eigenvalue weighted by Crippen LogP contribution is -2.47. The summed E-state index contributed by atoms with van der Waals surface area (Å²) in [6.07, 6.45) is 3.04. The molecule has 3 rings (SSSR count). The molecule has 0 fully saturated rings. The van der Waals surface area contributed by atoms with E-state index in [1.165, 1.54) is 11.8 Å². The van der Waals surface area contributed by atoms with Crippen LogP contribution in [-0.2, 0) is 16.0 Å². The van der Waals surface area contributed by atoms with E-state index in [4.69, 9.17) is 10.2 Å². The predicted octanol–water partition coefficient (Wildman–Crippen LogP) is 1.19. The number of Topliss-reactive ketones (excluding diaryl/α,β-unsaturated/α-hetero) is 1. The number of ketones is 1. The quantitative estimate of drug-likeness (QED) is 0.601. The largest absolute Gasteiger partial charge is 0.469 e. The fourth-order valence-electron chi connectivity index (χ4n) is 2.33. The molecule has 0 saturated carbocycles. The number of thiazole rings is 1. The number of carbonyl (C=O) groups is 3. The summed E-state index contributed by atoms with van der Waals surface area (Å²) in [5.74, 6) is -2.13. The summed E-state index contributed by atoms with van der Waals surface area (Å²) in [6, 6.07) is 7.40. The monoisotopic (exact) mass is 370 g/mol. The van der Waals surface area contributed by atoms with Crippen LogP contribution < -0.4 is 11.1 Å². The van der Waals surface area contributed by atoms with Crippen molar-refractivity contribution in [1.82, 2.24) is 15.3 Å². The van der Waals surface area contributed by atoms with Gasteiger partial charge in [-0.3, -0.25) is 19.4 Å². The molecule has 26 heavy (non-hydrogen) atoms. The molecule has 3 heterocycles. The van der Waals surface area contributed by atoms with Crippen LogP contribution >= 0.6 is 11.3 Å². The summed E-state index contributed by atoms with van der Waals surface area (Å²) >= 11 is 1.11. The van der Waals surface area contributed by atoms with E-state index in [1.54, 1.807) is 36.5 Å². The van der Waals surface area contributed by atoms with Gasteiger partial charge >= 0.3 is 0 Å². The summed E-state index contributed by atoms with van der Waals surface area (Å²) in [5, 5.41) is 2.54. The number of carbonyl (C=O) groups excluding carboxylic acids is 3. The van der Waals surface area contributed by atoms with E-state index in [-0.39, 0.29) is 11.3 Å². The fourth-order valence-corrected chi connectivity index (χ4v) is 3.03. The molecule has 1 unspecified atom stereocenters. The number of nitrogens with one attached hydrogen (secondary N) is 1. The van der Waals surface area contributed by atoms with Crippen LogP contribution in [0, 0.1) is 0 Å². The second-order valence-electron chi connectivity index (χ2n) is 5.28. The predicted molar refractivity (Wildman–Crippen MR) is 93.2 cm³/mol. The molecular formula is C17H14N4O4S. The van der Waals surface area contributed by atoms with Gasteiger partial charge in [0.1, 0.15) is 22.4 Å². The normalized spacial score (nSPS) is 11.7. The zero-order valence-corrected chi connectivity index (χ0v) is 14.2. The van der Waals surface area contributed by atoms with Gasteiger partial charge in [0, 0.05) is 12.6 Å². The van der Waals surface area contributed by atoms with Crippen molar-refractivity contribution in [2.45, 2.75) is 12.5 Å². The number of amides is 2. The van der Waals surface area contributed by atoms with Gasteiger partial charge in [-0.05, 0) is 24.3 Å². The Hall–Kier alpha value is -3.33. The summed E-state index contributed by atoms with van der Waals surface area (Å²) in [7, 11) is 0. The second kappa shape index (κ2) is 7.70. The molecule has 0 saturated heterocycles. The number of hydrogen-bond acceptors (Lipinski definition) is 7. The molecule has 0 aliphatic carbocycles. The molecule has 0 aliphatic heterocycles.